The maximum absolute atomic E-state index is 13.3. The molecular formula is C31H58N2O7. The monoisotopic (exact) mass is 570 g/mol. The predicted octanol–water partition coefficient (Wildman–Crippen LogP) is 3.73. The van der Waals surface area contributed by atoms with E-state index in [2.05, 4.69) is 12.2 Å². The van der Waals surface area contributed by atoms with Crippen molar-refractivity contribution < 1.29 is 34.4 Å². The van der Waals surface area contributed by atoms with Crippen LogP contribution in [0.3, 0.4) is 0 Å². The highest BCUT2D eigenvalue weighted by Crippen LogP contribution is 2.18. The van der Waals surface area contributed by atoms with E-state index in [9.17, 15) is 24.9 Å². The Labute approximate surface area is 242 Å². The summed E-state index contributed by atoms with van der Waals surface area (Å²) in [5.74, 6) is -0.722. The number of methoxy groups -OCH3 is 1. The minimum absolute atomic E-state index is 0.174. The number of nitrogens with one attached hydrogen (secondary N) is 1. The number of hydrogen-bond donors (Lipinski definition) is 4. The summed E-state index contributed by atoms with van der Waals surface area (Å²) in [4.78, 5) is 27.4. The van der Waals surface area contributed by atoms with Crippen LogP contribution < -0.4 is 5.32 Å². The van der Waals surface area contributed by atoms with Gasteiger partial charge in [0.25, 0.3) is 5.91 Å². The van der Waals surface area contributed by atoms with Crippen LogP contribution in [-0.4, -0.2) is 95.9 Å². The van der Waals surface area contributed by atoms with Crippen molar-refractivity contribution >= 4 is 11.8 Å². The lowest BCUT2D eigenvalue weighted by atomic mass is 9.99. The molecule has 0 radical (unpaired) electrons. The molecule has 1 rings (SSSR count). The molecule has 0 spiro atoms. The van der Waals surface area contributed by atoms with Gasteiger partial charge in [-0.1, -0.05) is 97.1 Å². The Balaban J connectivity index is 2.71. The van der Waals surface area contributed by atoms with Gasteiger partial charge in [-0.05, 0) is 25.2 Å². The van der Waals surface area contributed by atoms with Crippen LogP contribution in [0.15, 0.2) is 12.2 Å². The SMILES string of the molecule is CCCCCCCCCCCCCO[C@H]([C@@H](O)[C@H](O)/C=C/C(C)C)[C@@H](OC)C(=O)N[C@H]1CC[C@H](O)CN(C)C1=O. The van der Waals surface area contributed by atoms with Crippen LogP contribution in [0.2, 0.25) is 0 Å². The van der Waals surface area contributed by atoms with Gasteiger partial charge in [0.15, 0.2) is 6.10 Å². The second kappa shape index (κ2) is 21.2. The minimum atomic E-state index is -1.41. The number of carbonyl (C=O) groups is 2. The third-order valence-corrected chi connectivity index (χ3v) is 7.51. The van der Waals surface area contributed by atoms with Crippen molar-refractivity contribution in [2.45, 2.75) is 141 Å². The van der Waals surface area contributed by atoms with Crippen molar-refractivity contribution in [2.24, 2.45) is 5.92 Å². The van der Waals surface area contributed by atoms with Gasteiger partial charge in [0.1, 0.15) is 24.4 Å². The van der Waals surface area contributed by atoms with E-state index in [1.165, 1.54) is 69.5 Å². The minimum Gasteiger partial charge on any atom is -0.391 e. The molecule has 40 heavy (non-hydrogen) atoms. The van der Waals surface area contributed by atoms with E-state index >= 15 is 0 Å². The van der Waals surface area contributed by atoms with Crippen LogP contribution in [-0.2, 0) is 19.1 Å². The van der Waals surface area contributed by atoms with E-state index in [0.29, 0.717) is 19.4 Å². The largest absolute Gasteiger partial charge is 0.391 e. The molecule has 2 amide bonds. The Morgan fingerprint density at radius 2 is 1.57 bits per heavy atom. The Morgan fingerprint density at radius 1 is 1.00 bits per heavy atom. The van der Waals surface area contributed by atoms with Gasteiger partial charge in [-0.15, -0.1) is 0 Å². The smallest absolute Gasteiger partial charge is 0.252 e. The highest BCUT2D eigenvalue weighted by atomic mass is 16.5. The predicted molar refractivity (Wildman–Crippen MR) is 158 cm³/mol. The fourth-order valence-corrected chi connectivity index (χ4v) is 5.02. The molecule has 1 aliphatic heterocycles. The first-order valence-corrected chi connectivity index (χ1v) is 15.5. The Bertz CT molecular complexity index is 718. The van der Waals surface area contributed by atoms with E-state index in [4.69, 9.17) is 9.47 Å². The summed E-state index contributed by atoms with van der Waals surface area (Å²) in [5.41, 5.74) is 0. The summed E-state index contributed by atoms with van der Waals surface area (Å²) < 4.78 is 11.5. The molecule has 6 atom stereocenters. The first kappa shape index (κ1) is 36.5. The van der Waals surface area contributed by atoms with Crippen LogP contribution in [0.25, 0.3) is 0 Å². The van der Waals surface area contributed by atoms with Crippen LogP contribution >= 0.6 is 0 Å². The number of unbranched alkanes of at least 4 members (excludes halogenated alkanes) is 10. The van der Waals surface area contributed by atoms with Crippen LogP contribution in [0.5, 0.6) is 0 Å². The second-order valence-electron chi connectivity index (χ2n) is 11.6. The molecule has 9 heteroatoms. The number of β-amino-alcohol motifs (C(OH)–C–C–N with tert-alkyl or cyclic N) is 1. The third-order valence-electron chi connectivity index (χ3n) is 7.51. The molecule has 1 aliphatic rings. The molecule has 0 saturated carbocycles. The third kappa shape index (κ3) is 14.4. The maximum Gasteiger partial charge on any atom is 0.252 e. The van der Waals surface area contributed by atoms with Crippen molar-refractivity contribution in [3.05, 3.63) is 12.2 Å². The van der Waals surface area contributed by atoms with Crippen molar-refractivity contribution in [1.82, 2.24) is 10.2 Å². The lowest BCUT2D eigenvalue weighted by Crippen LogP contribution is -2.56. The van der Waals surface area contributed by atoms with E-state index < -0.39 is 42.5 Å². The van der Waals surface area contributed by atoms with Gasteiger partial charge in [0.2, 0.25) is 5.91 Å². The van der Waals surface area contributed by atoms with Gasteiger partial charge in [-0.25, -0.2) is 0 Å². The van der Waals surface area contributed by atoms with Crippen LogP contribution in [0, 0.1) is 5.92 Å². The molecule has 1 fully saturated rings. The number of likely N-dealkylation sites (N-methyl/N-ethyl adjacent to an activating group) is 1. The van der Waals surface area contributed by atoms with Gasteiger partial charge in [0.05, 0.1) is 6.10 Å². The number of allylic oxidation sites excluding steroid dienone is 1. The molecule has 0 aliphatic carbocycles. The maximum atomic E-state index is 13.3. The highest BCUT2D eigenvalue weighted by Gasteiger charge is 2.39. The van der Waals surface area contributed by atoms with Gasteiger partial charge in [-0.2, -0.15) is 0 Å². The van der Waals surface area contributed by atoms with Crippen LogP contribution in [0.1, 0.15) is 104 Å². The number of likely N-dealkylation sites (tertiary alicyclic amines) is 1. The number of hydrogen-bond acceptors (Lipinski definition) is 7. The molecular weight excluding hydrogens is 512 g/mol. The summed E-state index contributed by atoms with van der Waals surface area (Å²) in [7, 11) is 2.93. The topological polar surface area (TPSA) is 129 Å². The Kier molecular flexibility index (Phi) is 19.4. The zero-order valence-corrected chi connectivity index (χ0v) is 25.7. The van der Waals surface area contributed by atoms with E-state index in [-0.39, 0.29) is 18.4 Å². The van der Waals surface area contributed by atoms with Crippen molar-refractivity contribution in [2.75, 3.05) is 27.3 Å². The average Bonchev–Trinajstić information content (AvgIpc) is 3.03. The lowest BCUT2D eigenvalue weighted by molar-refractivity contribution is -0.160. The zero-order chi connectivity index (χ0) is 29.9. The number of carbonyl (C=O) groups excluding carboxylic acids is 2. The van der Waals surface area contributed by atoms with Crippen molar-refractivity contribution in [3.63, 3.8) is 0 Å². The molecule has 9 nitrogen and oxygen atoms in total. The lowest BCUT2D eigenvalue weighted by Gasteiger charge is -2.32. The van der Waals surface area contributed by atoms with Crippen LogP contribution in [0.4, 0.5) is 0 Å². The molecule has 0 aromatic carbocycles. The zero-order valence-electron chi connectivity index (χ0n) is 25.7. The number of aliphatic hydroxyl groups excluding tert-OH is 3. The van der Waals surface area contributed by atoms with Gasteiger partial charge >= 0.3 is 0 Å². The Morgan fingerprint density at radius 3 is 2.12 bits per heavy atom. The summed E-state index contributed by atoms with van der Waals surface area (Å²) in [6, 6.07) is -0.817. The standard InChI is InChI=1S/C31H58N2O7/c1-6-7-8-9-10-11-12-13-14-15-16-21-40-28(27(36)26(35)20-17-23(2)3)29(39-5)30(37)32-25-19-18-24(34)22-33(4)31(25)38/h17,20,23-29,34-36H,6-16,18-19,21-22H2,1-5H3,(H,32,37)/b20-17+/t24-,25-,26+,27-,28+,29+/m0/s1. The summed E-state index contributed by atoms with van der Waals surface area (Å²) >= 11 is 0. The summed E-state index contributed by atoms with van der Waals surface area (Å²) in [5, 5.41) is 34.4. The van der Waals surface area contributed by atoms with E-state index in [1.807, 2.05) is 13.8 Å². The first-order chi connectivity index (χ1) is 19.1. The number of rotatable bonds is 21. The molecule has 0 aromatic heterocycles. The van der Waals surface area contributed by atoms with Gasteiger partial charge in [-0.3, -0.25) is 9.59 Å². The van der Waals surface area contributed by atoms with Crippen molar-refractivity contribution in [1.29, 1.82) is 0 Å². The molecule has 4 N–H and O–H groups in total. The number of ether oxygens (including phenoxy) is 2. The summed E-state index contributed by atoms with van der Waals surface area (Å²) in [6.45, 7) is 6.66. The molecule has 1 saturated heterocycles. The normalized spacial score (nSPS) is 21.4. The number of amides is 2. The highest BCUT2D eigenvalue weighted by molar-refractivity contribution is 5.89. The van der Waals surface area contributed by atoms with E-state index in [0.717, 1.165) is 19.3 Å². The first-order valence-electron chi connectivity index (χ1n) is 15.5. The second-order valence-corrected chi connectivity index (χ2v) is 11.6. The number of nitrogens with zero attached hydrogens (tertiary/aromatic N) is 1. The quantitative estimate of drug-likeness (QED) is 0.122. The molecule has 0 aromatic rings. The Hall–Kier alpha value is -1.52. The average molecular weight is 571 g/mol. The molecule has 234 valence electrons. The molecule has 0 unspecified atom stereocenters. The summed E-state index contributed by atoms with van der Waals surface area (Å²) in [6.07, 6.45) is 11.4. The fourth-order valence-electron chi connectivity index (χ4n) is 5.02. The van der Waals surface area contributed by atoms with E-state index in [1.54, 1.807) is 13.1 Å². The number of aliphatic hydroxyl groups is 3. The van der Waals surface area contributed by atoms with Crippen molar-refractivity contribution in [3.8, 4) is 0 Å². The van der Waals surface area contributed by atoms with Gasteiger partial charge < -0.3 is 35.0 Å². The molecule has 1 heterocycles. The van der Waals surface area contributed by atoms with Gasteiger partial charge in [0, 0.05) is 27.3 Å². The molecule has 0 bridgehead atoms. The fraction of sp³-hybridized carbons (Fsp3) is 0.871.